The standard InChI is InChI=1S/C13H18N4O2/c1-2-3-4-5-6-7-19-13(18)12-14-8-10-11(17-12)16-9-15-10/h8-9H,2-7H2,1H3,(H,14,15,16,17). The van der Waals surface area contributed by atoms with Gasteiger partial charge in [0.25, 0.3) is 0 Å². The summed E-state index contributed by atoms with van der Waals surface area (Å²) in [6.45, 7) is 2.59. The molecule has 6 heteroatoms. The molecule has 6 nitrogen and oxygen atoms in total. The number of carbonyl (C=O) groups excluding carboxylic acids is 1. The summed E-state index contributed by atoms with van der Waals surface area (Å²) in [7, 11) is 0. The predicted octanol–water partition coefficient (Wildman–Crippen LogP) is 2.48. The quantitative estimate of drug-likeness (QED) is 0.612. The summed E-state index contributed by atoms with van der Waals surface area (Å²) in [4.78, 5) is 26.5. The number of H-pyrrole nitrogens is 1. The molecular formula is C13H18N4O2. The largest absolute Gasteiger partial charge is 0.460 e. The van der Waals surface area contributed by atoms with Gasteiger partial charge in [-0.1, -0.05) is 32.6 Å². The van der Waals surface area contributed by atoms with Crippen molar-refractivity contribution in [2.45, 2.75) is 39.0 Å². The van der Waals surface area contributed by atoms with Gasteiger partial charge in [-0.05, 0) is 6.42 Å². The van der Waals surface area contributed by atoms with E-state index in [1.54, 1.807) is 0 Å². The van der Waals surface area contributed by atoms with Crippen LogP contribution in [0.3, 0.4) is 0 Å². The first-order chi connectivity index (χ1) is 9.31. The highest BCUT2D eigenvalue weighted by Crippen LogP contribution is 2.06. The monoisotopic (exact) mass is 262 g/mol. The topological polar surface area (TPSA) is 80.8 Å². The van der Waals surface area contributed by atoms with Crippen molar-refractivity contribution in [1.29, 1.82) is 0 Å². The van der Waals surface area contributed by atoms with Crippen LogP contribution in [0, 0.1) is 0 Å². The molecular weight excluding hydrogens is 244 g/mol. The van der Waals surface area contributed by atoms with Crippen LogP contribution in [0.1, 0.15) is 49.6 Å². The van der Waals surface area contributed by atoms with E-state index in [0.29, 0.717) is 17.8 Å². The molecule has 2 heterocycles. The van der Waals surface area contributed by atoms with Crippen molar-refractivity contribution in [1.82, 2.24) is 19.9 Å². The summed E-state index contributed by atoms with van der Waals surface area (Å²) in [5.74, 6) is -0.423. The van der Waals surface area contributed by atoms with Gasteiger partial charge in [0.15, 0.2) is 5.65 Å². The Morgan fingerprint density at radius 1 is 1.26 bits per heavy atom. The third-order valence-corrected chi connectivity index (χ3v) is 2.84. The van der Waals surface area contributed by atoms with Crippen LogP contribution in [0.5, 0.6) is 0 Å². The summed E-state index contributed by atoms with van der Waals surface area (Å²) in [5.41, 5.74) is 1.18. The normalized spacial score (nSPS) is 10.8. The molecule has 0 atom stereocenters. The van der Waals surface area contributed by atoms with Gasteiger partial charge >= 0.3 is 5.97 Å². The number of nitrogens with zero attached hydrogens (tertiary/aromatic N) is 3. The average Bonchev–Trinajstić information content (AvgIpc) is 2.89. The molecule has 2 rings (SSSR count). The fraction of sp³-hybridized carbons (Fsp3) is 0.538. The molecule has 19 heavy (non-hydrogen) atoms. The molecule has 0 radical (unpaired) electrons. The number of imidazole rings is 1. The highest BCUT2D eigenvalue weighted by atomic mass is 16.5. The third-order valence-electron chi connectivity index (χ3n) is 2.84. The Bertz CT molecular complexity index is 538. The van der Waals surface area contributed by atoms with Gasteiger partial charge < -0.3 is 9.72 Å². The first kappa shape index (κ1) is 13.5. The molecule has 0 aromatic carbocycles. The van der Waals surface area contributed by atoms with Gasteiger partial charge in [0.1, 0.15) is 5.52 Å². The van der Waals surface area contributed by atoms with Crippen molar-refractivity contribution in [3.8, 4) is 0 Å². The molecule has 0 amide bonds. The van der Waals surface area contributed by atoms with Gasteiger partial charge in [0, 0.05) is 0 Å². The van der Waals surface area contributed by atoms with Gasteiger partial charge in [-0.2, -0.15) is 0 Å². The molecule has 0 aliphatic carbocycles. The summed E-state index contributed by atoms with van der Waals surface area (Å²) in [6, 6.07) is 0. The van der Waals surface area contributed by atoms with Gasteiger partial charge in [-0.3, -0.25) is 0 Å². The van der Waals surface area contributed by atoms with Crippen molar-refractivity contribution in [3.63, 3.8) is 0 Å². The van der Waals surface area contributed by atoms with E-state index in [9.17, 15) is 4.79 Å². The van der Waals surface area contributed by atoms with Gasteiger partial charge in [-0.25, -0.2) is 19.7 Å². The molecule has 2 aromatic heterocycles. The second-order valence-electron chi connectivity index (χ2n) is 4.38. The lowest BCUT2D eigenvalue weighted by Gasteiger charge is -2.03. The fourth-order valence-corrected chi connectivity index (χ4v) is 1.77. The third kappa shape index (κ3) is 3.74. The number of carbonyl (C=O) groups is 1. The minimum Gasteiger partial charge on any atom is -0.460 e. The lowest BCUT2D eigenvalue weighted by atomic mass is 10.2. The molecule has 0 saturated heterocycles. The number of nitrogens with one attached hydrogen (secondary N) is 1. The number of aromatic nitrogens is 4. The van der Waals surface area contributed by atoms with Crippen LogP contribution in [0.4, 0.5) is 0 Å². The number of ether oxygens (including phenoxy) is 1. The molecule has 0 fully saturated rings. The van der Waals surface area contributed by atoms with E-state index >= 15 is 0 Å². The zero-order valence-electron chi connectivity index (χ0n) is 11.1. The first-order valence-corrected chi connectivity index (χ1v) is 6.64. The lowest BCUT2D eigenvalue weighted by molar-refractivity contribution is 0.0483. The van der Waals surface area contributed by atoms with Crippen LogP contribution in [-0.4, -0.2) is 32.5 Å². The molecule has 102 valence electrons. The van der Waals surface area contributed by atoms with Gasteiger partial charge in [0.05, 0.1) is 19.1 Å². The number of esters is 1. The SMILES string of the molecule is CCCCCCCOC(=O)c1ncc2[nH]cnc2n1. The molecule has 0 spiro atoms. The number of hydrogen-bond acceptors (Lipinski definition) is 5. The highest BCUT2D eigenvalue weighted by Gasteiger charge is 2.12. The number of fused-ring (bicyclic) bond motifs is 1. The summed E-state index contributed by atoms with van der Waals surface area (Å²) in [6.07, 6.45) is 8.64. The number of aromatic amines is 1. The second-order valence-corrected chi connectivity index (χ2v) is 4.38. The smallest absolute Gasteiger partial charge is 0.376 e. The van der Waals surface area contributed by atoms with E-state index in [0.717, 1.165) is 12.8 Å². The second kappa shape index (κ2) is 6.82. The Morgan fingerprint density at radius 2 is 2.11 bits per heavy atom. The van der Waals surface area contributed by atoms with E-state index in [1.165, 1.54) is 31.8 Å². The number of unbranched alkanes of at least 4 members (excludes halogenated alkanes) is 4. The van der Waals surface area contributed by atoms with Crippen LogP contribution in [0.15, 0.2) is 12.5 Å². The maximum atomic E-state index is 11.7. The Balaban J connectivity index is 1.79. The Labute approximate surface area is 111 Å². The van der Waals surface area contributed by atoms with Crippen LogP contribution in [0.2, 0.25) is 0 Å². The van der Waals surface area contributed by atoms with E-state index < -0.39 is 5.97 Å². The Morgan fingerprint density at radius 3 is 2.95 bits per heavy atom. The summed E-state index contributed by atoms with van der Waals surface area (Å²) in [5, 5.41) is 0. The average molecular weight is 262 g/mol. The van der Waals surface area contributed by atoms with Crippen molar-refractivity contribution in [3.05, 3.63) is 18.3 Å². The van der Waals surface area contributed by atoms with E-state index in [1.807, 2.05) is 0 Å². The minimum atomic E-state index is -0.486. The van der Waals surface area contributed by atoms with Crippen molar-refractivity contribution in [2.24, 2.45) is 0 Å². The molecule has 0 aliphatic rings. The van der Waals surface area contributed by atoms with E-state index in [-0.39, 0.29) is 5.82 Å². The summed E-state index contributed by atoms with van der Waals surface area (Å²) >= 11 is 0. The maximum Gasteiger partial charge on any atom is 0.376 e. The molecule has 0 unspecified atom stereocenters. The van der Waals surface area contributed by atoms with Crippen LogP contribution >= 0.6 is 0 Å². The summed E-state index contributed by atoms with van der Waals surface area (Å²) < 4.78 is 5.13. The first-order valence-electron chi connectivity index (χ1n) is 6.64. The minimum absolute atomic E-state index is 0.0631. The molecule has 1 N–H and O–H groups in total. The lowest BCUT2D eigenvalue weighted by Crippen LogP contribution is -2.10. The molecule has 0 bridgehead atoms. The van der Waals surface area contributed by atoms with Gasteiger partial charge in [-0.15, -0.1) is 0 Å². The van der Waals surface area contributed by atoms with Crippen LogP contribution in [0.25, 0.3) is 11.2 Å². The number of rotatable bonds is 7. The zero-order valence-corrected chi connectivity index (χ0v) is 11.1. The van der Waals surface area contributed by atoms with E-state index in [2.05, 4.69) is 26.9 Å². The Kier molecular flexibility index (Phi) is 4.83. The predicted molar refractivity (Wildman–Crippen MR) is 70.7 cm³/mol. The zero-order chi connectivity index (χ0) is 13.5. The van der Waals surface area contributed by atoms with Gasteiger partial charge in [0.2, 0.25) is 5.82 Å². The van der Waals surface area contributed by atoms with Crippen LogP contribution in [-0.2, 0) is 4.74 Å². The van der Waals surface area contributed by atoms with E-state index in [4.69, 9.17) is 4.74 Å². The Hall–Kier alpha value is -1.98. The molecule has 2 aromatic rings. The highest BCUT2D eigenvalue weighted by molar-refractivity contribution is 5.87. The van der Waals surface area contributed by atoms with Crippen LogP contribution < -0.4 is 0 Å². The fourth-order valence-electron chi connectivity index (χ4n) is 1.77. The molecule has 0 aliphatic heterocycles. The maximum absolute atomic E-state index is 11.7. The number of hydrogen-bond donors (Lipinski definition) is 1. The van der Waals surface area contributed by atoms with Crippen molar-refractivity contribution in [2.75, 3.05) is 6.61 Å². The van der Waals surface area contributed by atoms with Crippen molar-refractivity contribution >= 4 is 17.1 Å². The molecule has 0 saturated carbocycles. The van der Waals surface area contributed by atoms with Crippen molar-refractivity contribution < 1.29 is 9.53 Å².